The summed E-state index contributed by atoms with van der Waals surface area (Å²) in [6, 6.07) is 7.95. The molecule has 5 nitrogen and oxygen atoms in total. The van der Waals surface area contributed by atoms with Crippen molar-refractivity contribution in [1.29, 1.82) is 5.26 Å². The van der Waals surface area contributed by atoms with Gasteiger partial charge in [0.15, 0.2) is 0 Å². The van der Waals surface area contributed by atoms with Gasteiger partial charge in [-0.1, -0.05) is 12.1 Å². The van der Waals surface area contributed by atoms with Gasteiger partial charge in [0.1, 0.15) is 6.10 Å². The summed E-state index contributed by atoms with van der Waals surface area (Å²) in [6.07, 6.45) is -3.23. The van der Waals surface area contributed by atoms with E-state index in [-0.39, 0.29) is 0 Å². The first-order valence-electron chi connectivity index (χ1n) is 4.62. The maximum Gasteiger partial charge on any atom is 0.306 e. The van der Waals surface area contributed by atoms with Crippen LogP contribution in [-0.2, 0) is 4.79 Å². The zero-order chi connectivity index (χ0) is 12.1. The molecule has 2 atom stereocenters. The quantitative estimate of drug-likeness (QED) is 0.684. The predicted octanol–water partition coefficient (Wildman–Crippen LogP) is 0.427. The van der Waals surface area contributed by atoms with Gasteiger partial charge in [0.2, 0.25) is 0 Å². The van der Waals surface area contributed by atoms with Crippen molar-refractivity contribution in [2.45, 2.75) is 18.6 Å². The maximum absolute atomic E-state index is 10.3. The molecule has 0 bridgehead atoms. The highest BCUT2D eigenvalue weighted by molar-refractivity contribution is 5.67. The summed E-state index contributed by atoms with van der Waals surface area (Å²) < 4.78 is 0. The number of carbonyl (C=O) groups is 1. The lowest BCUT2D eigenvalue weighted by molar-refractivity contribution is -0.141. The molecular weight excluding hydrogens is 210 g/mol. The molecule has 1 rings (SSSR count). The average molecular weight is 221 g/mol. The summed E-state index contributed by atoms with van der Waals surface area (Å²) in [5, 5.41) is 36.1. The molecule has 16 heavy (non-hydrogen) atoms. The molecule has 5 heteroatoms. The Hall–Kier alpha value is -1.90. The van der Waals surface area contributed by atoms with Gasteiger partial charge in [-0.05, 0) is 17.7 Å². The summed E-state index contributed by atoms with van der Waals surface area (Å²) in [4.78, 5) is 10.3. The van der Waals surface area contributed by atoms with Crippen LogP contribution in [0.4, 0.5) is 0 Å². The highest BCUT2D eigenvalue weighted by Gasteiger charge is 2.21. The Bertz CT molecular complexity index is 424. The lowest BCUT2D eigenvalue weighted by Crippen LogP contribution is -2.21. The van der Waals surface area contributed by atoms with Crippen LogP contribution in [0.1, 0.15) is 23.7 Å². The second-order valence-electron chi connectivity index (χ2n) is 3.35. The van der Waals surface area contributed by atoms with Crippen LogP contribution >= 0.6 is 0 Å². The van der Waals surface area contributed by atoms with Crippen LogP contribution in [0.3, 0.4) is 0 Å². The lowest BCUT2D eigenvalue weighted by atomic mass is 10.0. The zero-order valence-corrected chi connectivity index (χ0v) is 8.37. The molecule has 0 radical (unpaired) electrons. The van der Waals surface area contributed by atoms with Gasteiger partial charge < -0.3 is 15.3 Å². The number of aliphatic carboxylic acids is 1. The van der Waals surface area contributed by atoms with Gasteiger partial charge >= 0.3 is 5.97 Å². The number of nitrogens with zero attached hydrogens (tertiary/aromatic N) is 1. The number of rotatable bonds is 4. The van der Waals surface area contributed by atoms with Gasteiger partial charge in [-0.3, -0.25) is 4.79 Å². The summed E-state index contributed by atoms with van der Waals surface area (Å²) in [7, 11) is 0. The topological polar surface area (TPSA) is 102 Å². The Morgan fingerprint density at radius 2 is 2.12 bits per heavy atom. The van der Waals surface area contributed by atoms with Gasteiger partial charge in [-0.2, -0.15) is 5.26 Å². The monoisotopic (exact) mass is 221 g/mol. The van der Waals surface area contributed by atoms with Gasteiger partial charge in [0.25, 0.3) is 0 Å². The van der Waals surface area contributed by atoms with Crippen molar-refractivity contribution in [2.24, 2.45) is 0 Å². The van der Waals surface area contributed by atoms with Crippen LogP contribution in [0.15, 0.2) is 24.3 Å². The molecule has 0 aliphatic carbocycles. The third-order valence-electron chi connectivity index (χ3n) is 2.11. The van der Waals surface area contributed by atoms with Crippen LogP contribution in [0.2, 0.25) is 0 Å². The smallest absolute Gasteiger partial charge is 0.306 e. The van der Waals surface area contributed by atoms with Gasteiger partial charge in [-0.25, -0.2) is 0 Å². The predicted molar refractivity (Wildman–Crippen MR) is 54.4 cm³/mol. The number of benzene rings is 1. The summed E-state index contributed by atoms with van der Waals surface area (Å²) in [5.74, 6) is -1.19. The van der Waals surface area contributed by atoms with E-state index < -0.39 is 24.6 Å². The normalized spacial score (nSPS) is 13.8. The van der Waals surface area contributed by atoms with Crippen molar-refractivity contribution in [3.63, 3.8) is 0 Å². The Kier molecular flexibility index (Phi) is 4.00. The molecule has 1 aromatic carbocycles. The first kappa shape index (κ1) is 12.2. The van der Waals surface area contributed by atoms with Crippen molar-refractivity contribution in [2.75, 3.05) is 0 Å². The van der Waals surface area contributed by atoms with E-state index >= 15 is 0 Å². The Labute approximate surface area is 92.2 Å². The first-order chi connectivity index (χ1) is 7.54. The molecule has 1 aromatic rings. The number of carboxylic acids is 1. The van der Waals surface area contributed by atoms with Gasteiger partial charge in [0, 0.05) is 0 Å². The Morgan fingerprint density at radius 1 is 1.44 bits per heavy atom. The fourth-order valence-electron chi connectivity index (χ4n) is 1.30. The molecular formula is C11H11NO4. The van der Waals surface area contributed by atoms with Crippen molar-refractivity contribution >= 4 is 5.97 Å². The molecule has 0 saturated heterocycles. The first-order valence-corrected chi connectivity index (χ1v) is 4.62. The number of aliphatic hydroxyl groups is 2. The Balaban J connectivity index is 2.83. The largest absolute Gasteiger partial charge is 0.481 e. The van der Waals surface area contributed by atoms with E-state index in [0.717, 1.165) is 0 Å². The fraction of sp³-hybridized carbons (Fsp3) is 0.273. The molecule has 0 aromatic heterocycles. The fourth-order valence-corrected chi connectivity index (χ4v) is 1.30. The molecule has 3 N–H and O–H groups in total. The number of aliphatic hydroxyl groups excluding tert-OH is 2. The highest BCUT2D eigenvalue weighted by atomic mass is 16.4. The van der Waals surface area contributed by atoms with Crippen LogP contribution < -0.4 is 0 Å². The van der Waals surface area contributed by atoms with Crippen molar-refractivity contribution in [1.82, 2.24) is 0 Å². The van der Waals surface area contributed by atoms with Crippen molar-refractivity contribution in [3.8, 4) is 6.07 Å². The summed E-state index contributed by atoms with van der Waals surface area (Å²) in [6.45, 7) is 0. The number of hydrogen-bond acceptors (Lipinski definition) is 4. The van der Waals surface area contributed by atoms with E-state index in [0.29, 0.717) is 11.1 Å². The summed E-state index contributed by atoms with van der Waals surface area (Å²) in [5.41, 5.74) is 0.673. The molecule has 0 spiro atoms. The average Bonchev–Trinajstić information content (AvgIpc) is 2.27. The lowest BCUT2D eigenvalue weighted by Gasteiger charge is -2.16. The second kappa shape index (κ2) is 5.26. The molecule has 0 aliphatic rings. The molecule has 0 amide bonds. The number of carboxylic acid groups (broad SMARTS) is 1. The Morgan fingerprint density at radius 3 is 2.69 bits per heavy atom. The van der Waals surface area contributed by atoms with Crippen molar-refractivity contribution in [3.05, 3.63) is 35.4 Å². The molecule has 0 heterocycles. The molecule has 0 fully saturated rings. The molecule has 0 aliphatic heterocycles. The SMILES string of the molecule is N#Cc1cccc(C(O)C(O)CC(=O)O)c1. The van der Waals surface area contributed by atoms with E-state index in [2.05, 4.69) is 0 Å². The van der Waals surface area contributed by atoms with Crippen molar-refractivity contribution < 1.29 is 20.1 Å². The van der Waals surface area contributed by atoms with Gasteiger partial charge in [-0.15, -0.1) is 0 Å². The molecule has 0 saturated carbocycles. The van der Waals surface area contributed by atoms with E-state index in [9.17, 15) is 15.0 Å². The molecule has 2 unspecified atom stereocenters. The van der Waals surface area contributed by atoms with Crippen LogP contribution in [0.25, 0.3) is 0 Å². The highest BCUT2D eigenvalue weighted by Crippen LogP contribution is 2.19. The number of nitriles is 1. The minimum Gasteiger partial charge on any atom is -0.481 e. The minimum absolute atomic E-state index is 0.327. The van der Waals surface area contributed by atoms with E-state index in [1.165, 1.54) is 12.1 Å². The molecule has 84 valence electrons. The van der Waals surface area contributed by atoms with Crippen LogP contribution in [-0.4, -0.2) is 27.4 Å². The summed E-state index contributed by atoms with van der Waals surface area (Å²) >= 11 is 0. The second-order valence-corrected chi connectivity index (χ2v) is 3.35. The van der Waals surface area contributed by atoms with E-state index in [1.54, 1.807) is 12.1 Å². The maximum atomic E-state index is 10.3. The third kappa shape index (κ3) is 3.05. The van der Waals surface area contributed by atoms with E-state index in [1.807, 2.05) is 6.07 Å². The van der Waals surface area contributed by atoms with Crippen LogP contribution in [0.5, 0.6) is 0 Å². The van der Waals surface area contributed by atoms with E-state index in [4.69, 9.17) is 10.4 Å². The minimum atomic E-state index is -1.38. The van der Waals surface area contributed by atoms with Crippen LogP contribution in [0, 0.1) is 11.3 Å². The third-order valence-corrected chi connectivity index (χ3v) is 2.11. The zero-order valence-electron chi connectivity index (χ0n) is 8.37. The number of hydrogen-bond donors (Lipinski definition) is 3. The van der Waals surface area contributed by atoms with Gasteiger partial charge in [0.05, 0.1) is 24.2 Å². The standard InChI is InChI=1S/C11H11NO4/c12-6-7-2-1-3-8(4-7)11(16)9(13)5-10(14)15/h1-4,9,11,13,16H,5H2,(H,14,15).